The van der Waals surface area contributed by atoms with Crippen LogP contribution >= 0.6 is 0 Å². The molecule has 0 aromatic heterocycles. The number of ether oxygens (including phenoxy) is 1. The minimum absolute atomic E-state index is 0.0544. The molecule has 16 heavy (non-hydrogen) atoms. The van der Waals surface area contributed by atoms with Crippen LogP contribution in [-0.4, -0.2) is 43.3 Å². The molecular weight excluding hydrogens is 204 g/mol. The highest BCUT2D eigenvalue weighted by atomic mass is 16.5. The molecule has 94 valence electrons. The Balaban J connectivity index is 2.27. The van der Waals surface area contributed by atoms with E-state index in [2.05, 4.69) is 12.2 Å². The van der Waals surface area contributed by atoms with Gasteiger partial charge in [-0.05, 0) is 32.6 Å². The van der Waals surface area contributed by atoms with Gasteiger partial charge in [-0.1, -0.05) is 6.92 Å². The number of hydrogen-bond donors (Lipinski definition) is 1. The van der Waals surface area contributed by atoms with Crippen LogP contribution in [0.4, 0.5) is 4.79 Å². The molecule has 2 unspecified atom stereocenters. The monoisotopic (exact) mass is 228 g/mol. The van der Waals surface area contributed by atoms with Gasteiger partial charge in [-0.25, -0.2) is 4.79 Å². The lowest BCUT2D eigenvalue weighted by atomic mass is 10.0. The Labute approximate surface area is 98.3 Å². The molecule has 4 nitrogen and oxygen atoms in total. The maximum Gasteiger partial charge on any atom is 0.317 e. The van der Waals surface area contributed by atoms with Crippen LogP contribution in [0.25, 0.3) is 0 Å². The lowest BCUT2D eigenvalue weighted by Gasteiger charge is -2.31. The predicted molar refractivity (Wildman–Crippen MR) is 64.5 cm³/mol. The number of hydrogen-bond acceptors (Lipinski definition) is 2. The highest BCUT2D eigenvalue weighted by Crippen LogP contribution is 2.15. The largest absolute Gasteiger partial charge is 0.380 e. The van der Waals surface area contributed by atoms with Crippen molar-refractivity contribution in [2.45, 2.75) is 39.7 Å². The molecule has 1 aliphatic heterocycles. The van der Waals surface area contributed by atoms with E-state index in [1.807, 2.05) is 18.7 Å². The van der Waals surface area contributed by atoms with Gasteiger partial charge in [0, 0.05) is 19.7 Å². The predicted octanol–water partition coefficient (Wildman–Crippen LogP) is 1.85. The molecule has 0 bridgehead atoms. The van der Waals surface area contributed by atoms with E-state index in [-0.39, 0.29) is 12.1 Å². The molecule has 1 heterocycles. The molecule has 0 aliphatic carbocycles. The fourth-order valence-electron chi connectivity index (χ4n) is 2.01. The summed E-state index contributed by atoms with van der Waals surface area (Å²) < 4.78 is 5.27. The second kappa shape index (κ2) is 6.74. The third-order valence-electron chi connectivity index (χ3n) is 2.89. The zero-order valence-corrected chi connectivity index (χ0v) is 10.7. The van der Waals surface area contributed by atoms with Crippen molar-refractivity contribution in [2.75, 3.05) is 26.3 Å². The van der Waals surface area contributed by atoms with Crippen LogP contribution in [0.15, 0.2) is 0 Å². The Morgan fingerprint density at radius 2 is 2.38 bits per heavy atom. The minimum Gasteiger partial charge on any atom is -0.380 e. The molecule has 1 aliphatic rings. The highest BCUT2D eigenvalue weighted by molar-refractivity contribution is 5.74. The molecule has 1 N–H and O–H groups in total. The fraction of sp³-hybridized carbons (Fsp3) is 0.917. The zero-order chi connectivity index (χ0) is 12.0. The van der Waals surface area contributed by atoms with Crippen molar-refractivity contribution in [3.05, 3.63) is 0 Å². The van der Waals surface area contributed by atoms with Gasteiger partial charge in [0.2, 0.25) is 0 Å². The summed E-state index contributed by atoms with van der Waals surface area (Å²) in [6.07, 6.45) is 2.35. The van der Waals surface area contributed by atoms with Gasteiger partial charge < -0.3 is 15.0 Å². The number of piperidine rings is 1. The molecule has 1 fully saturated rings. The Morgan fingerprint density at radius 1 is 1.62 bits per heavy atom. The van der Waals surface area contributed by atoms with Gasteiger partial charge in [-0.15, -0.1) is 0 Å². The van der Waals surface area contributed by atoms with Crippen LogP contribution in [0.2, 0.25) is 0 Å². The molecule has 0 aromatic rings. The van der Waals surface area contributed by atoms with Crippen molar-refractivity contribution < 1.29 is 9.53 Å². The normalized spacial score (nSPS) is 22.9. The lowest BCUT2D eigenvalue weighted by Crippen LogP contribution is -2.48. The number of carbonyl (C=O) groups excluding carboxylic acids is 1. The molecule has 0 aromatic carbocycles. The van der Waals surface area contributed by atoms with Crippen LogP contribution in [-0.2, 0) is 4.74 Å². The smallest absolute Gasteiger partial charge is 0.317 e. The third kappa shape index (κ3) is 4.39. The quantitative estimate of drug-likeness (QED) is 0.798. The maximum absolute atomic E-state index is 11.9. The van der Waals surface area contributed by atoms with Crippen molar-refractivity contribution in [3.63, 3.8) is 0 Å². The van der Waals surface area contributed by atoms with E-state index in [1.165, 1.54) is 6.42 Å². The summed E-state index contributed by atoms with van der Waals surface area (Å²) in [7, 11) is 0. The maximum atomic E-state index is 11.9. The number of rotatable bonds is 4. The number of amides is 2. The van der Waals surface area contributed by atoms with Gasteiger partial charge >= 0.3 is 6.03 Å². The standard InChI is InChI=1S/C12H24N2O2/c1-4-16-9-11(3)13-12(15)14-7-5-6-10(2)8-14/h10-11H,4-9H2,1-3H3,(H,13,15). The van der Waals surface area contributed by atoms with E-state index in [0.29, 0.717) is 19.1 Å². The molecule has 4 heteroatoms. The lowest BCUT2D eigenvalue weighted by molar-refractivity contribution is 0.120. The van der Waals surface area contributed by atoms with Gasteiger partial charge in [0.25, 0.3) is 0 Å². The molecular formula is C12H24N2O2. The van der Waals surface area contributed by atoms with Gasteiger partial charge in [-0.2, -0.15) is 0 Å². The van der Waals surface area contributed by atoms with E-state index in [9.17, 15) is 4.79 Å². The van der Waals surface area contributed by atoms with Crippen LogP contribution in [0, 0.1) is 5.92 Å². The van der Waals surface area contributed by atoms with Crippen molar-refractivity contribution in [3.8, 4) is 0 Å². The van der Waals surface area contributed by atoms with Crippen LogP contribution in [0.3, 0.4) is 0 Å². The van der Waals surface area contributed by atoms with E-state index in [0.717, 1.165) is 19.5 Å². The van der Waals surface area contributed by atoms with Gasteiger partial charge in [0.15, 0.2) is 0 Å². The second-order valence-corrected chi connectivity index (χ2v) is 4.70. The van der Waals surface area contributed by atoms with E-state index >= 15 is 0 Å². The Kier molecular flexibility index (Phi) is 5.60. The summed E-state index contributed by atoms with van der Waals surface area (Å²) in [6, 6.07) is 0.142. The van der Waals surface area contributed by atoms with E-state index < -0.39 is 0 Å². The Morgan fingerprint density at radius 3 is 3.00 bits per heavy atom. The number of likely N-dealkylation sites (tertiary alicyclic amines) is 1. The van der Waals surface area contributed by atoms with Crippen molar-refractivity contribution in [1.82, 2.24) is 10.2 Å². The molecule has 1 rings (SSSR count). The average Bonchev–Trinajstić information content (AvgIpc) is 2.26. The van der Waals surface area contributed by atoms with Crippen molar-refractivity contribution >= 4 is 6.03 Å². The first-order valence-corrected chi connectivity index (χ1v) is 6.26. The topological polar surface area (TPSA) is 41.6 Å². The Bertz CT molecular complexity index is 221. The number of nitrogens with one attached hydrogen (secondary N) is 1. The minimum atomic E-state index is 0.0544. The molecule has 2 amide bonds. The summed E-state index contributed by atoms with van der Waals surface area (Å²) in [5, 5.41) is 2.97. The van der Waals surface area contributed by atoms with Crippen molar-refractivity contribution in [2.24, 2.45) is 5.92 Å². The molecule has 1 saturated heterocycles. The van der Waals surface area contributed by atoms with Gasteiger partial charge in [0.05, 0.1) is 12.6 Å². The number of carbonyl (C=O) groups is 1. The molecule has 0 spiro atoms. The van der Waals surface area contributed by atoms with Gasteiger partial charge in [-0.3, -0.25) is 0 Å². The SMILES string of the molecule is CCOCC(C)NC(=O)N1CCCC(C)C1. The van der Waals surface area contributed by atoms with Crippen LogP contribution < -0.4 is 5.32 Å². The summed E-state index contributed by atoms with van der Waals surface area (Å²) in [6.45, 7) is 9.18. The highest BCUT2D eigenvalue weighted by Gasteiger charge is 2.21. The second-order valence-electron chi connectivity index (χ2n) is 4.70. The van der Waals surface area contributed by atoms with Gasteiger partial charge in [0.1, 0.15) is 0 Å². The first kappa shape index (κ1) is 13.3. The molecule has 2 atom stereocenters. The number of nitrogens with zero attached hydrogens (tertiary/aromatic N) is 1. The van der Waals surface area contributed by atoms with Crippen molar-refractivity contribution in [1.29, 1.82) is 0 Å². The summed E-state index contributed by atoms with van der Waals surface area (Å²) >= 11 is 0. The van der Waals surface area contributed by atoms with E-state index in [1.54, 1.807) is 0 Å². The summed E-state index contributed by atoms with van der Waals surface area (Å²) in [4.78, 5) is 13.8. The van der Waals surface area contributed by atoms with E-state index in [4.69, 9.17) is 4.74 Å². The average molecular weight is 228 g/mol. The Hall–Kier alpha value is -0.770. The molecule has 0 radical (unpaired) electrons. The fourth-order valence-corrected chi connectivity index (χ4v) is 2.01. The summed E-state index contributed by atoms with van der Waals surface area (Å²) in [5.74, 6) is 0.627. The first-order chi connectivity index (χ1) is 7.63. The first-order valence-electron chi connectivity index (χ1n) is 6.26. The third-order valence-corrected chi connectivity index (χ3v) is 2.89. The molecule has 0 saturated carbocycles. The van der Waals surface area contributed by atoms with Crippen LogP contribution in [0.5, 0.6) is 0 Å². The summed E-state index contributed by atoms with van der Waals surface area (Å²) in [5.41, 5.74) is 0. The van der Waals surface area contributed by atoms with Crippen LogP contribution in [0.1, 0.15) is 33.6 Å². The zero-order valence-electron chi connectivity index (χ0n) is 10.7. The number of urea groups is 1.